The molecule has 1 heterocycles. The van der Waals surface area contributed by atoms with Gasteiger partial charge in [0.1, 0.15) is 22.6 Å². The first-order chi connectivity index (χ1) is 14.9. The fourth-order valence-electron chi connectivity index (χ4n) is 3.09. The van der Waals surface area contributed by atoms with Crippen molar-refractivity contribution in [2.45, 2.75) is 31.2 Å². The molecular formula is C21H23BrN4O4S. The van der Waals surface area contributed by atoms with Crippen LogP contribution < -0.4 is 9.47 Å². The molecule has 0 bridgehead atoms. The third kappa shape index (κ3) is 5.76. The summed E-state index contributed by atoms with van der Waals surface area (Å²) in [4.78, 5) is 11.1. The monoisotopic (exact) mass is 506 g/mol. The SMILES string of the molecule is CCOc1ccc(-n2c(C)nnc2S[C@@H](C[N+](=O)[O-])c2cc(Br)ccc2OCC)cc1. The molecule has 2 aromatic carbocycles. The van der Waals surface area contributed by atoms with Gasteiger partial charge in [0.05, 0.1) is 13.2 Å². The molecule has 0 fully saturated rings. The third-order valence-corrected chi connectivity index (χ3v) is 6.04. The van der Waals surface area contributed by atoms with E-state index in [0.29, 0.717) is 29.9 Å². The molecule has 164 valence electrons. The quantitative estimate of drug-likeness (QED) is 0.210. The number of hydrogen-bond acceptors (Lipinski definition) is 7. The smallest absolute Gasteiger partial charge is 0.220 e. The summed E-state index contributed by atoms with van der Waals surface area (Å²) in [5, 5.41) is 20.0. The third-order valence-electron chi connectivity index (χ3n) is 4.38. The number of hydrogen-bond donors (Lipinski definition) is 0. The first kappa shape index (κ1) is 23.1. The minimum atomic E-state index is -0.515. The maximum Gasteiger partial charge on any atom is 0.220 e. The van der Waals surface area contributed by atoms with Gasteiger partial charge in [0.15, 0.2) is 5.16 Å². The molecule has 10 heteroatoms. The predicted octanol–water partition coefficient (Wildman–Crippen LogP) is 5.25. The average Bonchev–Trinajstić information content (AvgIpc) is 3.09. The molecule has 31 heavy (non-hydrogen) atoms. The van der Waals surface area contributed by atoms with Crippen LogP contribution in [0.1, 0.15) is 30.5 Å². The number of benzene rings is 2. The number of thioether (sulfide) groups is 1. The Morgan fingerprint density at radius 2 is 1.84 bits per heavy atom. The van der Waals surface area contributed by atoms with Gasteiger partial charge < -0.3 is 9.47 Å². The molecule has 0 aliphatic carbocycles. The lowest BCUT2D eigenvalue weighted by Gasteiger charge is -2.18. The van der Waals surface area contributed by atoms with Gasteiger partial charge in [0.2, 0.25) is 6.54 Å². The lowest BCUT2D eigenvalue weighted by molar-refractivity contribution is -0.479. The Balaban J connectivity index is 1.99. The number of aromatic nitrogens is 3. The standard InChI is InChI=1S/C21H23BrN4O4S/c1-4-29-17-9-7-16(8-10-17)26-14(3)23-24-21(26)31-20(13-25(27)28)18-12-15(22)6-11-19(18)30-5-2/h6-12,20H,4-5,13H2,1-3H3/t20-/m0/s1. The zero-order chi connectivity index (χ0) is 22.4. The fourth-order valence-corrected chi connectivity index (χ4v) is 4.67. The number of rotatable bonds is 10. The second kappa shape index (κ2) is 10.6. The maximum atomic E-state index is 11.5. The molecule has 0 unspecified atom stereocenters. The van der Waals surface area contributed by atoms with E-state index in [4.69, 9.17) is 9.47 Å². The van der Waals surface area contributed by atoms with Gasteiger partial charge in [0.25, 0.3) is 0 Å². The van der Waals surface area contributed by atoms with Gasteiger partial charge in [-0.25, -0.2) is 0 Å². The van der Waals surface area contributed by atoms with Crippen LogP contribution in [0.25, 0.3) is 5.69 Å². The van der Waals surface area contributed by atoms with Crippen molar-refractivity contribution in [1.82, 2.24) is 14.8 Å². The zero-order valence-electron chi connectivity index (χ0n) is 17.4. The Labute approximate surface area is 193 Å². The maximum absolute atomic E-state index is 11.5. The first-order valence-corrected chi connectivity index (χ1v) is 11.5. The highest BCUT2D eigenvalue weighted by molar-refractivity contribution is 9.10. The minimum Gasteiger partial charge on any atom is -0.494 e. The highest BCUT2D eigenvalue weighted by atomic mass is 79.9. The van der Waals surface area contributed by atoms with Crippen LogP contribution in [-0.4, -0.2) is 39.4 Å². The van der Waals surface area contributed by atoms with Crippen molar-refractivity contribution in [3.63, 3.8) is 0 Å². The normalized spacial score (nSPS) is 11.9. The number of halogens is 1. The number of nitro groups is 1. The van der Waals surface area contributed by atoms with E-state index in [9.17, 15) is 10.1 Å². The lowest BCUT2D eigenvalue weighted by Crippen LogP contribution is -2.12. The molecule has 0 saturated heterocycles. The van der Waals surface area contributed by atoms with Crippen molar-refractivity contribution in [1.29, 1.82) is 0 Å². The lowest BCUT2D eigenvalue weighted by atomic mass is 10.1. The largest absolute Gasteiger partial charge is 0.494 e. The predicted molar refractivity (Wildman–Crippen MR) is 123 cm³/mol. The van der Waals surface area contributed by atoms with Crippen molar-refractivity contribution < 1.29 is 14.4 Å². The molecule has 1 aromatic heterocycles. The molecule has 0 aliphatic rings. The van der Waals surface area contributed by atoms with Crippen LogP contribution in [0, 0.1) is 17.0 Å². The van der Waals surface area contributed by atoms with E-state index in [-0.39, 0.29) is 11.5 Å². The number of nitrogens with zero attached hydrogens (tertiary/aromatic N) is 4. The van der Waals surface area contributed by atoms with Crippen molar-refractivity contribution >= 4 is 27.7 Å². The summed E-state index contributed by atoms with van der Waals surface area (Å²) in [6.45, 7) is 6.43. The Morgan fingerprint density at radius 1 is 1.13 bits per heavy atom. The Hall–Kier alpha value is -2.59. The second-order valence-electron chi connectivity index (χ2n) is 6.53. The summed E-state index contributed by atoms with van der Waals surface area (Å²) >= 11 is 4.75. The van der Waals surface area contributed by atoms with E-state index in [1.165, 1.54) is 11.8 Å². The van der Waals surface area contributed by atoms with Crippen LogP contribution in [0.3, 0.4) is 0 Å². The van der Waals surface area contributed by atoms with Gasteiger partial charge in [-0.05, 0) is 63.2 Å². The summed E-state index contributed by atoms with van der Waals surface area (Å²) in [5.74, 6) is 2.08. The number of ether oxygens (including phenoxy) is 2. The van der Waals surface area contributed by atoms with Crippen LogP contribution in [0.2, 0.25) is 0 Å². The highest BCUT2D eigenvalue weighted by Crippen LogP contribution is 2.41. The Morgan fingerprint density at radius 3 is 2.48 bits per heavy atom. The summed E-state index contributed by atoms with van der Waals surface area (Å²) in [5.41, 5.74) is 1.59. The summed E-state index contributed by atoms with van der Waals surface area (Å²) in [7, 11) is 0. The van der Waals surface area contributed by atoms with E-state index in [1.54, 1.807) is 0 Å². The van der Waals surface area contributed by atoms with E-state index in [1.807, 2.05) is 67.8 Å². The van der Waals surface area contributed by atoms with Crippen molar-refractivity contribution in [3.05, 3.63) is 68.4 Å². The van der Waals surface area contributed by atoms with Crippen LogP contribution in [-0.2, 0) is 0 Å². The van der Waals surface area contributed by atoms with Crippen LogP contribution in [0.4, 0.5) is 0 Å². The van der Waals surface area contributed by atoms with Crippen LogP contribution in [0.15, 0.2) is 52.1 Å². The van der Waals surface area contributed by atoms with E-state index < -0.39 is 5.25 Å². The van der Waals surface area contributed by atoms with E-state index >= 15 is 0 Å². The topological polar surface area (TPSA) is 92.3 Å². The zero-order valence-corrected chi connectivity index (χ0v) is 19.9. The second-order valence-corrected chi connectivity index (χ2v) is 8.61. The van der Waals surface area contributed by atoms with Crippen LogP contribution in [0.5, 0.6) is 11.5 Å². The summed E-state index contributed by atoms with van der Waals surface area (Å²) in [6, 6.07) is 13.1. The van der Waals surface area contributed by atoms with E-state index in [0.717, 1.165) is 21.5 Å². The summed E-state index contributed by atoms with van der Waals surface area (Å²) < 4.78 is 14.0. The summed E-state index contributed by atoms with van der Waals surface area (Å²) in [6.07, 6.45) is 0. The molecule has 3 aromatic rings. The molecular weight excluding hydrogens is 484 g/mol. The molecule has 3 rings (SSSR count). The minimum absolute atomic E-state index is 0.281. The Bertz CT molecular complexity index is 1040. The molecule has 0 amide bonds. The number of aryl methyl sites for hydroxylation is 1. The fraction of sp³-hybridized carbons (Fsp3) is 0.333. The van der Waals surface area contributed by atoms with Gasteiger partial charge in [0, 0.05) is 20.6 Å². The first-order valence-electron chi connectivity index (χ1n) is 9.78. The molecule has 0 N–H and O–H groups in total. The average molecular weight is 507 g/mol. The van der Waals surface area contributed by atoms with Crippen LogP contribution >= 0.6 is 27.7 Å². The van der Waals surface area contributed by atoms with Crippen molar-refractivity contribution in [2.75, 3.05) is 19.8 Å². The van der Waals surface area contributed by atoms with Gasteiger partial charge in [-0.1, -0.05) is 27.7 Å². The van der Waals surface area contributed by atoms with E-state index in [2.05, 4.69) is 26.1 Å². The molecule has 8 nitrogen and oxygen atoms in total. The molecule has 0 spiro atoms. The molecule has 0 radical (unpaired) electrons. The van der Waals surface area contributed by atoms with Gasteiger partial charge in [-0.15, -0.1) is 10.2 Å². The molecule has 1 atom stereocenters. The van der Waals surface area contributed by atoms with Gasteiger partial charge in [-0.2, -0.15) is 0 Å². The molecule has 0 aliphatic heterocycles. The van der Waals surface area contributed by atoms with Gasteiger partial charge in [-0.3, -0.25) is 14.7 Å². The highest BCUT2D eigenvalue weighted by Gasteiger charge is 2.27. The van der Waals surface area contributed by atoms with Crippen molar-refractivity contribution in [3.8, 4) is 17.2 Å². The molecule has 0 saturated carbocycles. The van der Waals surface area contributed by atoms with Crippen molar-refractivity contribution in [2.24, 2.45) is 0 Å². The Kier molecular flexibility index (Phi) is 7.91. The van der Waals surface area contributed by atoms with Gasteiger partial charge >= 0.3 is 0 Å².